The number of nitriles is 1. The Labute approximate surface area is 209 Å². The minimum Gasteiger partial charge on any atom is -0.480 e. The van der Waals surface area contributed by atoms with Gasteiger partial charge in [-0.3, -0.25) is 24.2 Å². The summed E-state index contributed by atoms with van der Waals surface area (Å²) in [5.74, 6) is -3.12. The molecule has 2 heterocycles. The van der Waals surface area contributed by atoms with Gasteiger partial charge in [-0.15, -0.1) is 4.91 Å². The lowest BCUT2D eigenvalue weighted by atomic mass is 10.1. The van der Waals surface area contributed by atoms with E-state index < -0.39 is 30.9 Å². The Morgan fingerprint density at radius 2 is 1.58 bits per heavy atom. The highest BCUT2D eigenvalue weighted by atomic mass is 32.2. The molecule has 3 rings (SSSR count). The van der Waals surface area contributed by atoms with Crippen molar-refractivity contribution >= 4 is 51.4 Å². The van der Waals surface area contributed by atoms with Crippen molar-refractivity contribution in [2.24, 2.45) is 5.18 Å². The Morgan fingerprint density at radius 3 is 2.19 bits per heavy atom. The summed E-state index contributed by atoms with van der Waals surface area (Å²) in [6.07, 6.45) is 0. The van der Waals surface area contributed by atoms with E-state index in [9.17, 15) is 24.6 Å². The minimum atomic E-state index is -1.18. The summed E-state index contributed by atoms with van der Waals surface area (Å²) in [7, 11) is 0. The van der Waals surface area contributed by atoms with Crippen molar-refractivity contribution in [3.63, 3.8) is 0 Å². The second kappa shape index (κ2) is 12.1. The fraction of sp³-hybridized carbons (Fsp3) is 0.304. The Kier molecular flexibility index (Phi) is 8.96. The number of carbonyl (C=O) groups excluding carboxylic acids is 1. The Morgan fingerprint density at radius 1 is 0.972 bits per heavy atom. The number of thioether (sulfide) groups is 1. The third-order valence-electron chi connectivity index (χ3n) is 5.27. The fourth-order valence-electron chi connectivity index (χ4n) is 3.73. The van der Waals surface area contributed by atoms with Crippen LogP contribution in [-0.2, 0) is 27.5 Å². The van der Waals surface area contributed by atoms with Gasteiger partial charge in [0.15, 0.2) is 0 Å². The van der Waals surface area contributed by atoms with Crippen molar-refractivity contribution in [3.05, 3.63) is 46.6 Å². The molecule has 2 N–H and O–H groups in total. The molecule has 36 heavy (non-hydrogen) atoms. The summed E-state index contributed by atoms with van der Waals surface area (Å²) in [6.45, 7) is 1.53. The van der Waals surface area contributed by atoms with E-state index in [0.717, 1.165) is 17.1 Å². The maximum atomic E-state index is 11.5. The molecule has 0 saturated heterocycles. The molecule has 12 nitrogen and oxygen atoms in total. The molecule has 0 saturated carbocycles. The predicted molar refractivity (Wildman–Crippen MR) is 131 cm³/mol. The zero-order valence-corrected chi connectivity index (χ0v) is 20.1. The third kappa shape index (κ3) is 6.79. The minimum absolute atomic E-state index is 0.0392. The van der Waals surface area contributed by atoms with E-state index in [1.165, 1.54) is 4.90 Å². The van der Waals surface area contributed by atoms with Crippen molar-refractivity contribution < 1.29 is 24.6 Å². The molecule has 0 atom stereocenters. The first kappa shape index (κ1) is 26.6. The molecule has 0 spiro atoms. The number of benzene rings is 1. The summed E-state index contributed by atoms with van der Waals surface area (Å²) < 4.78 is 0. The van der Waals surface area contributed by atoms with Crippen LogP contribution in [0.4, 0.5) is 0 Å². The first-order chi connectivity index (χ1) is 17.2. The highest BCUT2D eigenvalue weighted by Crippen LogP contribution is 2.33. The molecule has 3 aromatic rings. The van der Waals surface area contributed by atoms with E-state index in [1.54, 1.807) is 23.1 Å². The van der Waals surface area contributed by atoms with Crippen LogP contribution in [0.25, 0.3) is 21.8 Å². The van der Waals surface area contributed by atoms with Gasteiger partial charge in [0.2, 0.25) is 0 Å². The molecular weight excluding hydrogens is 488 g/mol. The maximum absolute atomic E-state index is 11.5. The number of aliphatic carboxylic acids is 2. The lowest BCUT2D eigenvalue weighted by Gasteiger charge is -2.19. The molecule has 0 aliphatic heterocycles. The summed E-state index contributed by atoms with van der Waals surface area (Å²) >= 11 is 0.969. The van der Waals surface area contributed by atoms with Gasteiger partial charge in [0.05, 0.1) is 42.1 Å². The van der Waals surface area contributed by atoms with Crippen LogP contribution in [-0.4, -0.2) is 74.0 Å². The number of amides is 1. The van der Waals surface area contributed by atoms with Gasteiger partial charge in [0.1, 0.15) is 5.40 Å². The lowest BCUT2D eigenvalue weighted by molar-refractivity contribution is -0.139. The molecule has 0 bridgehead atoms. The van der Waals surface area contributed by atoms with E-state index >= 15 is 0 Å². The topological polar surface area (TPSA) is 177 Å². The van der Waals surface area contributed by atoms with Crippen molar-refractivity contribution in [3.8, 4) is 5.40 Å². The molecule has 0 aliphatic rings. The third-order valence-corrected chi connectivity index (χ3v) is 5.91. The number of hydrogen-bond acceptors (Lipinski definition) is 10. The van der Waals surface area contributed by atoms with E-state index in [2.05, 4.69) is 15.6 Å². The average molecular weight is 511 g/mol. The maximum Gasteiger partial charge on any atom is 0.317 e. The molecular formula is C23H22N6O6S. The van der Waals surface area contributed by atoms with Gasteiger partial charge in [-0.2, -0.15) is 5.26 Å². The van der Waals surface area contributed by atoms with Crippen LogP contribution in [0.15, 0.2) is 40.4 Å². The van der Waals surface area contributed by atoms with Crippen LogP contribution in [0.2, 0.25) is 0 Å². The van der Waals surface area contributed by atoms with Crippen molar-refractivity contribution in [1.29, 1.82) is 5.26 Å². The van der Waals surface area contributed by atoms with E-state index in [-0.39, 0.29) is 13.1 Å². The SMILES string of the molecule is CCN(CC(=O)O)Cc1ccc2cc(SC#N)c3ccc(CN(CC(=O)O)CC(=O)N=O)nc3c2n1. The Balaban J connectivity index is 2.08. The number of carboxylic acids is 2. The molecule has 0 aliphatic carbocycles. The number of carboxylic acid groups (broad SMARTS) is 2. The molecule has 0 radical (unpaired) electrons. The van der Waals surface area contributed by atoms with Crippen LogP contribution >= 0.6 is 11.8 Å². The summed E-state index contributed by atoms with van der Waals surface area (Å²) in [5.41, 5.74) is 2.07. The standard InChI is InChI=1S/C23H22N6O6S/c1-2-28(11-20(31)32)8-15-4-3-14-7-18(36-13-24)17-6-5-16(26-23(17)22(14)25-15)9-29(12-21(33)34)10-19(30)27-35/h3-7H,2,8-12H2,1H3,(H,31,32)(H,33,34). The number of rotatable bonds is 12. The average Bonchev–Trinajstić information content (AvgIpc) is 2.83. The quantitative estimate of drug-likeness (QED) is 0.158. The zero-order valence-electron chi connectivity index (χ0n) is 19.2. The molecule has 1 amide bonds. The van der Waals surface area contributed by atoms with E-state index in [1.807, 2.05) is 19.1 Å². The zero-order chi connectivity index (χ0) is 26.2. The van der Waals surface area contributed by atoms with Crippen LogP contribution in [0, 0.1) is 15.6 Å². The first-order valence-corrected chi connectivity index (χ1v) is 11.6. The first-order valence-electron chi connectivity index (χ1n) is 10.8. The summed E-state index contributed by atoms with van der Waals surface area (Å²) in [4.78, 5) is 57.4. The highest BCUT2D eigenvalue weighted by Gasteiger charge is 2.18. The monoisotopic (exact) mass is 510 g/mol. The summed E-state index contributed by atoms with van der Waals surface area (Å²) in [6, 6.07) is 8.83. The number of nitrogens with zero attached hydrogens (tertiary/aromatic N) is 6. The van der Waals surface area contributed by atoms with Gasteiger partial charge < -0.3 is 10.2 Å². The van der Waals surface area contributed by atoms with Gasteiger partial charge in [-0.05, 0) is 42.6 Å². The lowest BCUT2D eigenvalue weighted by Crippen LogP contribution is -2.33. The predicted octanol–water partition coefficient (Wildman–Crippen LogP) is 2.44. The highest BCUT2D eigenvalue weighted by molar-refractivity contribution is 8.04. The van der Waals surface area contributed by atoms with Crippen molar-refractivity contribution in [1.82, 2.24) is 19.8 Å². The van der Waals surface area contributed by atoms with Gasteiger partial charge in [-0.1, -0.05) is 13.0 Å². The largest absolute Gasteiger partial charge is 0.480 e. The number of hydrogen-bond donors (Lipinski definition) is 2. The number of pyridine rings is 2. The second-order valence-corrected chi connectivity index (χ2v) is 8.69. The van der Waals surface area contributed by atoms with Crippen molar-refractivity contribution in [2.45, 2.75) is 24.9 Å². The normalized spacial score (nSPS) is 11.2. The molecule has 0 fully saturated rings. The van der Waals surface area contributed by atoms with Crippen molar-refractivity contribution in [2.75, 3.05) is 26.2 Å². The fourth-order valence-corrected chi connectivity index (χ4v) is 4.29. The number of thiocyanates is 1. The van der Waals surface area contributed by atoms with Crippen LogP contribution in [0.1, 0.15) is 18.3 Å². The van der Waals surface area contributed by atoms with Gasteiger partial charge in [0.25, 0.3) is 5.91 Å². The number of carbonyl (C=O) groups is 3. The Bertz CT molecular complexity index is 1370. The molecule has 1 aromatic carbocycles. The number of likely N-dealkylation sites (N-methyl/N-ethyl adjacent to an activating group) is 1. The van der Waals surface area contributed by atoms with Crippen LogP contribution in [0.3, 0.4) is 0 Å². The second-order valence-electron chi connectivity index (χ2n) is 7.86. The Hall–Kier alpha value is -3.99. The van der Waals surface area contributed by atoms with Crippen LogP contribution < -0.4 is 0 Å². The summed E-state index contributed by atoms with van der Waals surface area (Å²) in [5, 5.41) is 33.3. The number of nitroso groups, excluding NO2 is 1. The molecule has 2 aromatic heterocycles. The molecule has 186 valence electrons. The number of aromatic nitrogens is 2. The molecule has 0 unspecified atom stereocenters. The number of fused-ring (bicyclic) bond motifs is 3. The van der Waals surface area contributed by atoms with Gasteiger partial charge in [0, 0.05) is 33.9 Å². The van der Waals surface area contributed by atoms with Crippen LogP contribution in [0.5, 0.6) is 0 Å². The van der Waals surface area contributed by atoms with Gasteiger partial charge in [-0.25, -0.2) is 9.97 Å². The molecule has 13 heteroatoms. The van der Waals surface area contributed by atoms with E-state index in [4.69, 9.17) is 15.2 Å². The van der Waals surface area contributed by atoms with Gasteiger partial charge >= 0.3 is 11.9 Å². The van der Waals surface area contributed by atoms with E-state index in [0.29, 0.717) is 45.8 Å². The smallest absolute Gasteiger partial charge is 0.317 e.